The van der Waals surface area contributed by atoms with E-state index in [4.69, 9.17) is 5.73 Å². The second kappa shape index (κ2) is 5.42. The number of aliphatic hydroxyl groups is 1. The van der Waals surface area contributed by atoms with Gasteiger partial charge in [-0.2, -0.15) is 13.2 Å². The fraction of sp³-hybridized carbons (Fsp3) is 0.133. The predicted molar refractivity (Wildman–Crippen MR) is 70.0 cm³/mol. The lowest BCUT2D eigenvalue weighted by Gasteiger charge is -2.27. The highest BCUT2D eigenvalue weighted by molar-refractivity contribution is 5.88. The maximum atomic E-state index is 14.2. The number of benzene rings is 2. The van der Waals surface area contributed by atoms with Crippen LogP contribution in [0, 0.1) is 5.82 Å². The van der Waals surface area contributed by atoms with Gasteiger partial charge in [0.1, 0.15) is 5.82 Å². The number of hydrogen-bond donors (Lipinski definition) is 2. The Morgan fingerprint density at radius 1 is 0.955 bits per heavy atom. The van der Waals surface area contributed by atoms with Gasteiger partial charge < -0.3 is 10.8 Å². The molecule has 0 saturated heterocycles. The van der Waals surface area contributed by atoms with Gasteiger partial charge in [-0.3, -0.25) is 4.79 Å². The number of rotatable bonds is 3. The van der Waals surface area contributed by atoms with E-state index in [1.807, 2.05) is 0 Å². The lowest BCUT2D eigenvalue weighted by atomic mass is 9.84. The van der Waals surface area contributed by atoms with Gasteiger partial charge in [0.25, 0.3) is 5.91 Å². The fourth-order valence-corrected chi connectivity index (χ4v) is 2.14. The Morgan fingerprint density at radius 2 is 1.50 bits per heavy atom. The zero-order valence-corrected chi connectivity index (χ0v) is 11.1. The number of carbonyl (C=O) groups excluding carboxylic acids is 1. The molecule has 1 atom stereocenters. The van der Waals surface area contributed by atoms with Gasteiger partial charge in [0.15, 0.2) is 5.60 Å². The summed E-state index contributed by atoms with van der Waals surface area (Å²) in [7, 11) is 0. The standard InChI is InChI=1S/C15H11F4NO2/c16-12-10(7-4-8-11(12)15(17,18)19)14(22,13(20)21)9-5-2-1-3-6-9/h1-8,22H,(H2,20,21). The summed E-state index contributed by atoms with van der Waals surface area (Å²) < 4.78 is 52.6. The van der Waals surface area contributed by atoms with Crippen LogP contribution < -0.4 is 5.73 Å². The summed E-state index contributed by atoms with van der Waals surface area (Å²) in [6.07, 6.45) is -4.96. The molecular formula is C15H11F4NO2. The smallest absolute Gasteiger partial charge is 0.372 e. The van der Waals surface area contributed by atoms with Crippen molar-refractivity contribution in [2.75, 3.05) is 0 Å². The van der Waals surface area contributed by atoms with Crippen molar-refractivity contribution in [1.29, 1.82) is 0 Å². The number of amides is 1. The monoisotopic (exact) mass is 313 g/mol. The van der Waals surface area contributed by atoms with Crippen LogP contribution in [0.15, 0.2) is 48.5 Å². The molecule has 0 heterocycles. The maximum Gasteiger partial charge on any atom is 0.419 e. The molecule has 0 fully saturated rings. The summed E-state index contributed by atoms with van der Waals surface area (Å²) in [5.41, 5.74) is -0.129. The van der Waals surface area contributed by atoms with Crippen LogP contribution in [0.4, 0.5) is 17.6 Å². The van der Waals surface area contributed by atoms with Crippen molar-refractivity contribution in [2.45, 2.75) is 11.8 Å². The van der Waals surface area contributed by atoms with Gasteiger partial charge in [-0.25, -0.2) is 4.39 Å². The third-order valence-corrected chi connectivity index (χ3v) is 3.24. The molecule has 22 heavy (non-hydrogen) atoms. The van der Waals surface area contributed by atoms with Gasteiger partial charge in [0.05, 0.1) is 5.56 Å². The van der Waals surface area contributed by atoms with E-state index in [2.05, 4.69) is 0 Å². The van der Waals surface area contributed by atoms with E-state index in [1.54, 1.807) is 6.07 Å². The molecule has 3 nitrogen and oxygen atoms in total. The van der Waals surface area contributed by atoms with Crippen molar-refractivity contribution in [3.63, 3.8) is 0 Å². The average molecular weight is 313 g/mol. The van der Waals surface area contributed by atoms with Gasteiger partial charge in [0.2, 0.25) is 0 Å². The number of nitrogens with two attached hydrogens (primary N) is 1. The van der Waals surface area contributed by atoms with E-state index in [1.165, 1.54) is 24.3 Å². The molecule has 2 aromatic rings. The molecule has 116 valence electrons. The number of alkyl halides is 3. The van der Waals surface area contributed by atoms with E-state index in [-0.39, 0.29) is 5.56 Å². The first kappa shape index (κ1) is 16.0. The van der Waals surface area contributed by atoms with Crippen molar-refractivity contribution in [3.8, 4) is 0 Å². The first-order valence-corrected chi connectivity index (χ1v) is 6.13. The Kier molecular flexibility index (Phi) is 3.93. The molecule has 2 aromatic carbocycles. The van der Waals surface area contributed by atoms with Crippen LogP contribution in [0.25, 0.3) is 0 Å². The van der Waals surface area contributed by atoms with E-state index in [0.29, 0.717) is 6.07 Å². The summed E-state index contributed by atoms with van der Waals surface area (Å²) in [5.74, 6) is -3.11. The van der Waals surface area contributed by atoms with Crippen LogP contribution in [0.5, 0.6) is 0 Å². The molecule has 2 rings (SSSR count). The van der Waals surface area contributed by atoms with E-state index in [9.17, 15) is 27.5 Å². The molecule has 0 bridgehead atoms. The van der Waals surface area contributed by atoms with Crippen LogP contribution in [0.3, 0.4) is 0 Å². The minimum absolute atomic E-state index is 0.124. The highest BCUT2D eigenvalue weighted by Crippen LogP contribution is 2.37. The number of carbonyl (C=O) groups is 1. The summed E-state index contributed by atoms with van der Waals surface area (Å²) in [6.45, 7) is 0. The first-order valence-electron chi connectivity index (χ1n) is 6.13. The molecule has 3 N–H and O–H groups in total. The van der Waals surface area contributed by atoms with Gasteiger partial charge in [0, 0.05) is 5.56 Å². The molecule has 0 radical (unpaired) electrons. The molecule has 0 aliphatic carbocycles. The number of primary amides is 1. The molecule has 0 aromatic heterocycles. The molecule has 0 saturated carbocycles. The average Bonchev–Trinajstić information content (AvgIpc) is 2.46. The van der Waals surface area contributed by atoms with E-state index in [0.717, 1.165) is 12.1 Å². The molecule has 0 aliphatic heterocycles. The predicted octanol–water partition coefficient (Wildman–Crippen LogP) is 2.57. The van der Waals surface area contributed by atoms with Crippen molar-refractivity contribution < 1.29 is 27.5 Å². The minimum atomic E-state index is -4.96. The van der Waals surface area contributed by atoms with Gasteiger partial charge >= 0.3 is 6.18 Å². The molecule has 1 amide bonds. The van der Waals surface area contributed by atoms with Gasteiger partial charge in [-0.15, -0.1) is 0 Å². The molecular weight excluding hydrogens is 302 g/mol. The SMILES string of the molecule is NC(=O)C(O)(c1ccccc1)c1cccc(C(F)(F)F)c1F. The van der Waals surface area contributed by atoms with Crippen LogP contribution in [0.1, 0.15) is 16.7 Å². The van der Waals surface area contributed by atoms with E-state index < -0.39 is 34.6 Å². The quantitative estimate of drug-likeness (QED) is 0.856. The zero-order valence-electron chi connectivity index (χ0n) is 11.1. The number of halogens is 4. The second-order valence-corrected chi connectivity index (χ2v) is 4.61. The molecule has 1 unspecified atom stereocenters. The third-order valence-electron chi connectivity index (χ3n) is 3.24. The van der Waals surface area contributed by atoms with Crippen molar-refractivity contribution in [3.05, 3.63) is 71.0 Å². The van der Waals surface area contributed by atoms with Crippen molar-refractivity contribution in [1.82, 2.24) is 0 Å². The Labute approximate surface area is 123 Å². The number of hydrogen-bond acceptors (Lipinski definition) is 2. The lowest BCUT2D eigenvalue weighted by molar-refractivity contribution is -0.141. The topological polar surface area (TPSA) is 63.3 Å². The highest BCUT2D eigenvalue weighted by atomic mass is 19.4. The molecule has 0 aliphatic rings. The van der Waals surface area contributed by atoms with Crippen LogP contribution in [-0.2, 0) is 16.6 Å². The highest BCUT2D eigenvalue weighted by Gasteiger charge is 2.44. The minimum Gasteiger partial charge on any atom is -0.372 e. The third kappa shape index (κ3) is 2.55. The maximum absolute atomic E-state index is 14.2. The van der Waals surface area contributed by atoms with Gasteiger partial charge in [-0.05, 0) is 11.6 Å². The Bertz CT molecular complexity index is 700. The Morgan fingerprint density at radius 3 is 2.00 bits per heavy atom. The van der Waals surface area contributed by atoms with Crippen LogP contribution in [0.2, 0.25) is 0 Å². The van der Waals surface area contributed by atoms with Crippen LogP contribution >= 0.6 is 0 Å². The lowest BCUT2D eigenvalue weighted by Crippen LogP contribution is -2.43. The normalized spacial score (nSPS) is 14.4. The second-order valence-electron chi connectivity index (χ2n) is 4.61. The first-order chi connectivity index (χ1) is 10.2. The Hall–Kier alpha value is -2.41. The summed E-state index contributed by atoms with van der Waals surface area (Å²) in [6, 6.07) is 9.29. The van der Waals surface area contributed by atoms with Crippen molar-refractivity contribution in [2.24, 2.45) is 5.73 Å². The largest absolute Gasteiger partial charge is 0.419 e. The van der Waals surface area contributed by atoms with Gasteiger partial charge in [-0.1, -0.05) is 42.5 Å². The summed E-state index contributed by atoms with van der Waals surface area (Å²) in [4.78, 5) is 11.7. The fourth-order valence-electron chi connectivity index (χ4n) is 2.14. The molecule has 7 heteroatoms. The molecule has 0 spiro atoms. The van der Waals surface area contributed by atoms with Crippen LogP contribution in [-0.4, -0.2) is 11.0 Å². The van der Waals surface area contributed by atoms with E-state index >= 15 is 0 Å². The summed E-state index contributed by atoms with van der Waals surface area (Å²) in [5, 5.41) is 10.5. The van der Waals surface area contributed by atoms with Crippen molar-refractivity contribution >= 4 is 5.91 Å². The summed E-state index contributed by atoms with van der Waals surface area (Å²) >= 11 is 0. The Balaban J connectivity index is 2.74. The zero-order chi connectivity index (χ0) is 16.5.